The van der Waals surface area contributed by atoms with E-state index in [0.717, 1.165) is 6.42 Å². The van der Waals surface area contributed by atoms with Crippen LogP contribution < -0.4 is 11.1 Å². The zero-order valence-corrected chi connectivity index (χ0v) is 13.6. The Morgan fingerprint density at radius 2 is 1.96 bits per heavy atom. The molecule has 24 heavy (non-hydrogen) atoms. The molecule has 0 aromatic carbocycles. The highest BCUT2D eigenvalue weighted by atomic mass is 16.2. The van der Waals surface area contributed by atoms with Crippen LogP contribution in [0.4, 0.5) is 0 Å². The molecule has 3 aliphatic rings. The standard InChI is InChI=1S/C18H23N3O3/c19-17(24)18(9-3-4-10-18)12-15(22)20-14-8-7-13-6-2-1-5-11-21(13)16(14)23/h1-6,13-14H,7-12H2,(H2,19,24)(H,20,22). The van der Waals surface area contributed by atoms with Crippen LogP contribution in [-0.2, 0) is 14.4 Å². The number of piperidine rings is 1. The van der Waals surface area contributed by atoms with E-state index in [1.807, 2.05) is 36.5 Å². The average molecular weight is 329 g/mol. The molecule has 0 aromatic heterocycles. The second-order valence-corrected chi connectivity index (χ2v) is 6.77. The Kier molecular flexibility index (Phi) is 4.55. The third-order valence-corrected chi connectivity index (χ3v) is 5.16. The van der Waals surface area contributed by atoms with Gasteiger partial charge in [0.05, 0.1) is 11.5 Å². The van der Waals surface area contributed by atoms with E-state index in [1.54, 1.807) is 4.90 Å². The smallest absolute Gasteiger partial charge is 0.245 e. The van der Waals surface area contributed by atoms with Gasteiger partial charge in [-0.2, -0.15) is 0 Å². The third kappa shape index (κ3) is 3.13. The number of hydrogen-bond acceptors (Lipinski definition) is 3. The van der Waals surface area contributed by atoms with Gasteiger partial charge in [0, 0.05) is 13.0 Å². The Balaban J connectivity index is 1.62. The van der Waals surface area contributed by atoms with Gasteiger partial charge in [-0.25, -0.2) is 0 Å². The summed E-state index contributed by atoms with van der Waals surface area (Å²) in [5.74, 6) is -0.802. The molecule has 0 spiro atoms. The fourth-order valence-corrected chi connectivity index (χ4v) is 3.67. The first-order valence-electron chi connectivity index (χ1n) is 8.40. The molecule has 1 saturated heterocycles. The van der Waals surface area contributed by atoms with Crippen LogP contribution in [0.1, 0.15) is 32.1 Å². The number of amides is 3. The van der Waals surface area contributed by atoms with Crippen molar-refractivity contribution in [1.29, 1.82) is 0 Å². The fraction of sp³-hybridized carbons (Fsp3) is 0.500. The van der Waals surface area contributed by atoms with Crippen molar-refractivity contribution in [2.75, 3.05) is 6.54 Å². The number of carbonyl (C=O) groups is 3. The molecule has 0 saturated carbocycles. The van der Waals surface area contributed by atoms with E-state index < -0.39 is 17.4 Å². The molecule has 6 nitrogen and oxygen atoms in total. The van der Waals surface area contributed by atoms with E-state index in [0.29, 0.717) is 25.8 Å². The van der Waals surface area contributed by atoms with Crippen LogP contribution in [0.5, 0.6) is 0 Å². The predicted octanol–water partition coefficient (Wildman–Crippen LogP) is 0.800. The van der Waals surface area contributed by atoms with Gasteiger partial charge in [-0.05, 0) is 25.7 Å². The minimum atomic E-state index is -0.835. The molecule has 1 aliphatic carbocycles. The Hall–Kier alpha value is -2.37. The van der Waals surface area contributed by atoms with Crippen molar-refractivity contribution in [3.8, 4) is 0 Å². The Morgan fingerprint density at radius 3 is 2.67 bits per heavy atom. The second-order valence-electron chi connectivity index (χ2n) is 6.77. The normalized spacial score (nSPS) is 27.7. The molecule has 0 radical (unpaired) electrons. The summed E-state index contributed by atoms with van der Waals surface area (Å²) in [5.41, 5.74) is 4.66. The van der Waals surface area contributed by atoms with Gasteiger partial charge in [0.1, 0.15) is 6.04 Å². The van der Waals surface area contributed by atoms with Gasteiger partial charge in [0.25, 0.3) is 0 Å². The monoisotopic (exact) mass is 329 g/mol. The fourth-order valence-electron chi connectivity index (χ4n) is 3.67. The Bertz CT molecular complexity index is 627. The number of carbonyl (C=O) groups excluding carboxylic acids is 3. The predicted molar refractivity (Wildman–Crippen MR) is 89.6 cm³/mol. The Morgan fingerprint density at radius 1 is 1.21 bits per heavy atom. The highest BCUT2D eigenvalue weighted by molar-refractivity contribution is 5.92. The van der Waals surface area contributed by atoms with Gasteiger partial charge in [-0.1, -0.05) is 36.5 Å². The van der Waals surface area contributed by atoms with Crippen LogP contribution in [0.25, 0.3) is 0 Å². The Labute approximate surface area is 141 Å². The SMILES string of the molecule is NC(=O)C1(CC(=O)NC2CCC3C=CC=CCN3C2=O)CC=CC1. The van der Waals surface area contributed by atoms with Crippen molar-refractivity contribution < 1.29 is 14.4 Å². The van der Waals surface area contributed by atoms with Gasteiger partial charge in [-0.3, -0.25) is 14.4 Å². The maximum absolute atomic E-state index is 12.6. The van der Waals surface area contributed by atoms with E-state index in [2.05, 4.69) is 5.32 Å². The van der Waals surface area contributed by atoms with E-state index in [9.17, 15) is 14.4 Å². The maximum Gasteiger partial charge on any atom is 0.245 e. The van der Waals surface area contributed by atoms with Gasteiger partial charge in [-0.15, -0.1) is 0 Å². The van der Waals surface area contributed by atoms with Crippen molar-refractivity contribution in [3.05, 3.63) is 36.5 Å². The summed E-state index contributed by atoms with van der Waals surface area (Å²) in [6, 6.07) is -0.426. The lowest BCUT2D eigenvalue weighted by Gasteiger charge is -2.37. The molecule has 2 unspecified atom stereocenters. The van der Waals surface area contributed by atoms with Gasteiger partial charge >= 0.3 is 0 Å². The molecular weight excluding hydrogens is 306 g/mol. The zero-order chi connectivity index (χ0) is 17.2. The summed E-state index contributed by atoms with van der Waals surface area (Å²) in [4.78, 5) is 38.6. The summed E-state index contributed by atoms with van der Waals surface area (Å²) in [6.07, 6.45) is 14.0. The molecule has 3 rings (SSSR count). The maximum atomic E-state index is 12.6. The highest BCUT2D eigenvalue weighted by Crippen LogP contribution is 2.36. The van der Waals surface area contributed by atoms with E-state index in [-0.39, 0.29) is 24.3 Å². The topological polar surface area (TPSA) is 92.5 Å². The lowest BCUT2D eigenvalue weighted by Crippen LogP contribution is -2.56. The van der Waals surface area contributed by atoms with Crippen molar-refractivity contribution in [2.24, 2.45) is 11.1 Å². The molecule has 128 valence electrons. The molecule has 6 heteroatoms. The summed E-state index contributed by atoms with van der Waals surface area (Å²) in [6.45, 7) is 0.554. The van der Waals surface area contributed by atoms with Gasteiger partial charge in [0.15, 0.2) is 0 Å². The van der Waals surface area contributed by atoms with Crippen LogP contribution in [0.3, 0.4) is 0 Å². The van der Waals surface area contributed by atoms with Crippen molar-refractivity contribution >= 4 is 17.7 Å². The number of nitrogens with zero attached hydrogens (tertiary/aromatic N) is 1. The minimum Gasteiger partial charge on any atom is -0.369 e. The second kappa shape index (κ2) is 6.63. The van der Waals surface area contributed by atoms with Crippen LogP contribution in [0.2, 0.25) is 0 Å². The van der Waals surface area contributed by atoms with E-state index in [1.165, 1.54) is 0 Å². The number of nitrogens with one attached hydrogen (secondary N) is 1. The largest absolute Gasteiger partial charge is 0.369 e. The van der Waals surface area contributed by atoms with Crippen LogP contribution in [0.15, 0.2) is 36.5 Å². The van der Waals surface area contributed by atoms with Crippen molar-refractivity contribution in [1.82, 2.24) is 10.2 Å². The van der Waals surface area contributed by atoms with Crippen molar-refractivity contribution in [2.45, 2.75) is 44.2 Å². The number of fused-ring (bicyclic) bond motifs is 1. The summed E-state index contributed by atoms with van der Waals surface area (Å²) in [7, 11) is 0. The molecule has 0 aromatic rings. The first-order chi connectivity index (χ1) is 11.5. The number of primary amides is 1. The van der Waals surface area contributed by atoms with Gasteiger partial charge in [0.2, 0.25) is 17.7 Å². The molecule has 2 heterocycles. The quantitative estimate of drug-likeness (QED) is 0.747. The molecule has 3 amide bonds. The lowest BCUT2D eigenvalue weighted by atomic mass is 9.80. The summed E-state index contributed by atoms with van der Waals surface area (Å²) in [5, 5.41) is 2.81. The first kappa shape index (κ1) is 16.5. The molecule has 0 bridgehead atoms. The van der Waals surface area contributed by atoms with Crippen LogP contribution >= 0.6 is 0 Å². The van der Waals surface area contributed by atoms with Crippen LogP contribution in [0, 0.1) is 5.41 Å². The zero-order valence-electron chi connectivity index (χ0n) is 13.6. The number of nitrogens with two attached hydrogens (primary N) is 1. The first-order valence-corrected chi connectivity index (χ1v) is 8.40. The van der Waals surface area contributed by atoms with E-state index in [4.69, 9.17) is 5.73 Å². The third-order valence-electron chi connectivity index (χ3n) is 5.16. The van der Waals surface area contributed by atoms with Gasteiger partial charge < -0.3 is 16.0 Å². The molecule has 2 aliphatic heterocycles. The number of rotatable bonds is 4. The number of allylic oxidation sites excluding steroid dienone is 4. The highest BCUT2D eigenvalue weighted by Gasteiger charge is 2.41. The average Bonchev–Trinajstić information content (AvgIpc) is 2.88. The number of hydrogen-bond donors (Lipinski definition) is 2. The van der Waals surface area contributed by atoms with E-state index >= 15 is 0 Å². The van der Waals surface area contributed by atoms with Crippen molar-refractivity contribution in [3.63, 3.8) is 0 Å². The molecular formula is C18H23N3O3. The van der Waals surface area contributed by atoms with Crippen LogP contribution in [-0.4, -0.2) is 41.2 Å². The summed E-state index contributed by atoms with van der Waals surface area (Å²) >= 11 is 0. The minimum absolute atomic E-state index is 0.0301. The molecule has 2 atom stereocenters. The lowest BCUT2D eigenvalue weighted by molar-refractivity contribution is -0.141. The molecule has 3 N–H and O–H groups in total. The molecule has 1 fully saturated rings. The summed E-state index contributed by atoms with van der Waals surface area (Å²) < 4.78 is 0.